The summed E-state index contributed by atoms with van der Waals surface area (Å²) in [5, 5.41) is 7.74. The van der Waals surface area contributed by atoms with Gasteiger partial charge in [0.1, 0.15) is 0 Å². The van der Waals surface area contributed by atoms with Crippen LogP contribution in [0.5, 0.6) is 0 Å². The molecule has 0 fully saturated rings. The summed E-state index contributed by atoms with van der Waals surface area (Å²) in [6.45, 7) is 0.481. The van der Waals surface area contributed by atoms with E-state index in [-0.39, 0.29) is 0 Å². The Labute approximate surface area is 38.0 Å². The highest BCUT2D eigenvalue weighted by Gasteiger charge is 1.68. The second kappa shape index (κ2) is 4.07. The molecule has 0 aromatic rings. The van der Waals surface area contributed by atoms with Gasteiger partial charge in [-0.2, -0.15) is 0 Å². The molecule has 5 heavy (non-hydrogen) atoms. The number of hydrogen-bond acceptors (Lipinski definition) is 2. The molecule has 0 spiro atoms. The maximum Gasteiger partial charge on any atom is 0.321 e. The molecule has 0 bridgehead atoms. The van der Waals surface area contributed by atoms with E-state index in [1.165, 1.54) is 0 Å². The molecule has 24 valence electrons. The van der Waals surface area contributed by atoms with Crippen molar-refractivity contribution in [2.45, 2.75) is 0 Å². The molecule has 0 saturated heterocycles. The van der Waals surface area contributed by atoms with Crippen LogP contribution in [-0.4, -0.2) is 7.00 Å². The van der Waals surface area contributed by atoms with Crippen LogP contribution in [0.2, 0.25) is 0 Å². The summed E-state index contributed by atoms with van der Waals surface area (Å²) >= 11 is 4.40. The second-order valence-electron chi connectivity index (χ2n) is 0.445. The Morgan fingerprint density at radius 1 is 2.00 bits per heavy atom. The predicted octanol–water partition coefficient (Wildman–Crippen LogP) is 0.227. The lowest BCUT2D eigenvalue weighted by molar-refractivity contribution is 1.56. The van der Waals surface area contributed by atoms with E-state index >= 15 is 0 Å². The van der Waals surface area contributed by atoms with Crippen LogP contribution >= 0.6 is 7.23 Å². The van der Waals surface area contributed by atoms with Crippen LogP contribution in [0.1, 0.15) is 0 Å². The zero-order valence-corrected chi connectivity index (χ0v) is 4.22. The molecular formula is CHBNPS. The van der Waals surface area contributed by atoms with Crippen molar-refractivity contribution < 1.29 is 0 Å². The third kappa shape index (κ3) is 4.07. The SMILES string of the molecule is N#CBP=S. The Bertz CT molecular complexity index is 66.5. The molecule has 0 amide bonds. The minimum atomic E-state index is 0.481. The molecule has 0 heterocycles. The molecule has 0 aromatic heterocycles. The van der Waals surface area contributed by atoms with Gasteiger partial charge in [-0.25, -0.2) is 5.26 Å². The second-order valence-corrected chi connectivity index (χ2v) is 1.79. The van der Waals surface area contributed by atoms with E-state index in [1.807, 2.05) is 5.97 Å². The number of nitriles is 1. The van der Waals surface area contributed by atoms with Crippen molar-refractivity contribution in [3.8, 4) is 5.97 Å². The molecule has 4 heteroatoms. The largest absolute Gasteiger partial charge is 0.321 e. The van der Waals surface area contributed by atoms with Crippen LogP contribution in [0.3, 0.4) is 0 Å². The van der Waals surface area contributed by atoms with Gasteiger partial charge in [-0.15, -0.1) is 0 Å². The van der Waals surface area contributed by atoms with Gasteiger partial charge in [0.05, 0.1) is 0 Å². The summed E-state index contributed by atoms with van der Waals surface area (Å²) in [5.41, 5.74) is 0. The molecule has 0 aliphatic heterocycles. The van der Waals surface area contributed by atoms with Crippen molar-refractivity contribution >= 4 is 26.0 Å². The average molecular weight is 101 g/mol. The maximum absolute atomic E-state index is 7.74. The van der Waals surface area contributed by atoms with Crippen molar-refractivity contribution in [2.24, 2.45) is 0 Å². The molecule has 0 aromatic carbocycles. The van der Waals surface area contributed by atoms with Crippen molar-refractivity contribution in [2.75, 3.05) is 0 Å². The summed E-state index contributed by atoms with van der Waals surface area (Å²) in [4.78, 5) is 0. The van der Waals surface area contributed by atoms with E-state index in [1.54, 1.807) is 0 Å². The Balaban J connectivity index is 2.75. The topological polar surface area (TPSA) is 23.8 Å². The summed E-state index contributed by atoms with van der Waals surface area (Å²) in [5.74, 6) is 1.90. The Kier molecular flexibility index (Phi) is 4.14. The fourth-order valence-electron chi connectivity index (χ4n) is 0.0289. The number of hydrogen-bond donors (Lipinski definition) is 0. The normalized spacial score (nSPS) is 6.20. The van der Waals surface area contributed by atoms with Gasteiger partial charge >= 0.3 is 7.00 Å². The van der Waals surface area contributed by atoms with Crippen molar-refractivity contribution in [1.29, 1.82) is 5.26 Å². The maximum atomic E-state index is 7.74. The third-order valence-corrected chi connectivity index (χ3v) is 0.793. The fourth-order valence-corrected chi connectivity index (χ4v) is 0.260. The van der Waals surface area contributed by atoms with Gasteiger partial charge in [0, 0.05) is 5.97 Å². The number of rotatable bonds is 1. The summed E-state index contributed by atoms with van der Waals surface area (Å²) in [6.07, 6.45) is 0. The smallest absolute Gasteiger partial charge is 0.212 e. The molecule has 0 aliphatic carbocycles. The van der Waals surface area contributed by atoms with Gasteiger partial charge in [-0.05, 0) is 0 Å². The Morgan fingerprint density at radius 3 is 2.60 bits per heavy atom. The molecule has 0 radical (unpaired) electrons. The van der Waals surface area contributed by atoms with Crippen molar-refractivity contribution in [3.63, 3.8) is 0 Å². The van der Waals surface area contributed by atoms with Crippen molar-refractivity contribution in [3.05, 3.63) is 0 Å². The first-order valence-corrected chi connectivity index (χ1v) is 3.17. The molecular weight excluding hydrogens is 99.9 g/mol. The van der Waals surface area contributed by atoms with Gasteiger partial charge in [-0.3, -0.25) is 0 Å². The van der Waals surface area contributed by atoms with Gasteiger partial charge in [0.15, 0.2) is 0 Å². The first-order chi connectivity index (χ1) is 2.41. The summed E-state index contributed by atoms with van der Waals surface area (Å²) in [6, 6.07) is 0. The lowest BCUT2D eigenvalue weighted by Crippen LogP contribution is -1.58. The van der Waals surface area contributed by atoms with Gasteiger partial charge in [0.2, 0.25) is 0 Å². The monoisotopic (exact) mass is 101 g/mol. The van der Waals surface area contributed by atoms with E-state index in [0.29, 0.717) is 7.00 Å². The summed E-state index contributed by atoms with van der Waals surface area (Å²) in [7, 11) is 0.752. The van der Waals surface area contributed by atoms with Crippen LogP contribution in [0, 0.1) is 11.2 Å². The average Bonchev–Trinajstić information content (AvgIpc) is 1.41. The van der Waals surface area contributed by atoms with Crippen LogP contribution in [0.15, 0.2) is 0 Å². The molecule has 1 nitrogen and oxygen atoms in total. The summed E-state index contributed by atoms with van der Waals surface area (Å²) < 4.78 is 0. The third-order valence-electron chi connectivity index (χ3n) is 0.135. The Hall–Kier alpha value is 0.0749. The molecule has 0 N–H and O–H groups in total. The van der Waals surface area contributed by atoms with Crippen LogP contribution in [-0.2, 0) is 11.8 Å². The van der Waals surface area contributed by atoms with E-state index in [0.717, 1.165) is 7.23 Å². The van der Waals surface area contributed by atoms with Crippen LogP contribution in [0.4, 0.5) is 0 Å². The van der Waals surface area contributed by atoms with Gasteiger partial charge < -0.3 is 0 Å². The highest BCUT2D eigenvalue weighted by Crippen LogP contribution is 1.79. The Morgan fingerprint density at radius 2 is 2.60 bits per heavy atom. The molecule has 0 unspecified atom stereocenters. The quantitative estimate of drug-likeness (QED) is 0.348. The zero-order chi connectivity index (χ0) is 4.12. The van der Waals surface area contributed by atoms with E-state index in [9.17, 15) is 0 Å². The van der Waals surface area contributed by atoms with Gasteiger partial charge in [0.25, 0.3) is 0 Å². The molecule has 0 saturated carbocycles. The highest BCUT2D eigenvalue weighted by molar-refractivity contribution is 8.09. The molecule has 0 aliphatic rings. The standard InChI is InChI=1S/CHBNPS/c3-1-2-4-5/h2H. The predicted molar refractivity (Wildman–Crippen MR) is 27.0 cm³/mol. The first-order valence-electron chi connectivity index (χ1n) is 1.08. The van der Waals surface area contributed by atoms with E-state index in [4.69, 9.17) is 5.26 Å². The van der Waals surface area contributed by atoms with Crippen LogP contribution in [0.25, 0.3) is 0 Å². The zero-order valence-electron chi connectivity index (χ0n) is 2.51. The van der Waals surface area contributed by atoms with Gasteiger partial charge in [-0.1, -0.05) is 19.0 Å². The minimum Gasteiger partial charge on any atom is -0.212 e. The van der Waals surface area contributed by atoms with E-state index < -0.39 is 0 Å². The minimum absolute atomic E-state index is 0.481. The van der Waals surface area contributed by atoms with E-state index in [2.05, 4.69) is 11.8 Å². The first kappa shape index (κ1) is 5.07. The fraction of sp³-hybridized carbons (Fsp3) is 0. The lowest BCUT2D eigenvalue weighted by Gasteiger charge is -1.46. The van der Waals surface area contributed by atoms with Crippen LogP contribution < -0.4 is 0 Å². The number of nitrogens with zero attached hydrogens (tertiary/aromatic N) is 1. The highest BCUT2D eigenvalue weighted by atomic mass is 32.4. The molecule has 0 atom stereocenters. The lowest BCUT2D eigenvalue weighted by atomic mass is 10.2. The molecule has 0 rings (SSSR count). The van der Waals surface area contributed by atoms with Crippen molar-refractivity contribution in [1.82, 2.24) is 0 Å².